The molecule has 1 aromatic heterocycles. The standard InChI is InChI=1S/C13H21N2O/c1-10(2)12(15(16)13(3,4)5)11-8-6-7-9-14-11/h6-10,12H,1-5H3. The lowest BCUT2D eigenvalue weighted by atomic mass is 9.95. The lowest BCUT2D eigenvalue weighted by Gasteiger charge is -2.36. The lowest BCUT2D eigenvalue weighted by Crippen LogP contribution is -2.42. The highest BCUT2D eigenvalue weighted by molar-refractivity contribution is 5.09. The molecule has 0 fully saturated rings. The van der Waals surface area contributed by atoms with E-state index in [1.54, 1.807) is 6.20 Å². The highest BCUT2D eigenvalue weighted by Crippen LogP contribution is 2.31. The van der Waals surface area contributed by atoms with Gasteiger partial charge in [0, 0.05) is 11.7 Å². The second kappa shape index (κ2) is 4.93. The van der Waals surface area contributed by atoms with Gasteiger partial charge in [-0.25, -0.2) is 0 Å². The Morgan fingerprint density at radius 2 is 1.88 bits per heavy atom. The van der Waals surface area contributed by atoms with Gasteiger partial charge < -0.3 is 0 Å². The van der Waals surface area contributed by atoms with Gasteiger partial charge in [-0.05, 0) is 38.8 Å². The van der Waals surface area contributed by atoms with Crippen molar-refractivity contribution in [2.45, 2.75) is 46.2 Å². The zero-order valence-corrected chi connectivity index (χ0v) is 10.8. The third-order valence-corrected chi connectivity index (χ3v) is 2.54. The van der Waals surface area contributed by atoms with Gasteiger partial charge in [0.25, 0.3) is 0 Å². The minimum absolute atomic E-state index is 0.179. The molecule has 0 spiro atoms. The van der Waals surface area contributed by atoms with Crippen molar-refractivity contribution in [2.24, 2.45) is 5.92 Å². The molecule has 0 amide bonds. The molecule has 1 unspecified atom stereocenters. The summed E-state index contributed by atoms with van der Waals surface area (Å²) in [5.74, 6) is 0.242. The average Bonchev–Trinajstić information content (AvgIpc) is 2.17. The van der Waals surface area contributed by atoms with Crippen LogP contribution in [-0.4, -0.2) is 15.6 Å². The predicted octanol–water partition coefficient (Wildman–Crippen LogP) is 3.22. The van der Waals surface area contributed by atoms with Crippen LogP contribution >= 0.6 is 0 Å². The van der Waals surface area contributed by atoms with E-state index in [0.717, 1.165) is 10.8 Å². The Morgan fingerprint density at radius 3 is 2.25 bits per heavy atom. The number of hydroxylamine groups is 2. The molecule has 3 heteroatoms. The fourth-order valence-corrected chi connectivity index (χ4v) is 1.70. The molecule has 0 aliphatic rings. The third kappa shape index (κ3) is 3.03. The van der Waals surface area contributed by atoms with Crippen LogP contribution in [0.5, 0.6) is 0 Å². The van der Waals surface area contributed by atoms with Gasteiger partial charge in [-0.15, -0.1) is 10.3 Å². The van der Waals surface area contributed by atoms with E-state index in [9.17, 15) is 5.21 Å². The zero-order valence-electron chi connectivity index (χ0n) is 10.8. The number of hydrogen-bond acceptors (Lipinski definition) is 2. The first-order chi connectivity index (χ1) is 7.34. The van der Waals surface area contributed by atoms with Crippen LogP contribution in [0.2, 0.25) is 0 Å². The highest BCUT2D eigenvalue weighted by atomic mass is 16.5. The van der Waals surface area contributed by atoms with Gasteiger partial charge in [0.05, 0.1) is 11.7 Å². The summed E-state index contributed by atoms with van der Waals surface area (Å²) in [6.45, 7) is 9.89. The van der Waals surface area contributed by atoms with Crippen LogP contribution in [0.4, 0.5) is 0 Å². The van der Waals surface area contributed by atoms with Crippen LogP contribution in [0.15, 0.2) is 24.4 Å². The summed E-state index contributed by atoms with van der Waals surface area (Å²) in [6.07, 6.45) is 1.74. The Balaban J connectivity index is 3.02. The van der Waals surface area contributed by atoms with Gasteiger partial charge in [-0.2, -0.15) is 0 Å². The zero-order chi connectivity index (χ0) is 12.3. The summed E-state index contributed by atoms with van der Waals surface area (Å²) in [5, 5.41) is 13.4. The van der Waals surface area contributed by atoms with E-state index in [2.05, 4.69) is 18.8 Å². The smallest absolute Gasteiger partial charge is 0.0833 e. The first-order valence-corrected chi connectivity index (χ1v) is 5.71. The molecule has 89 valence electrons. The molecule has 0 saturated carbocycles. The van der Waals surface area contributed by atoms with Crippen LogP contribution in [-0.2, 0) is 5.21 Å². The Kier molecular flexibility index (Phi) is 4.05. The Bertz CT molecular complexity index is 316. The van der Waals surface area contributed by atoms with Crippen LogP contribution in [0.1, 0.15) is 46.4 Å². The minimum Gasteiger partial charge on any atom is -0.260 e. The minimum atomic E-state index is -0.396. The molecule has 3 nitrogen and oxygen atoms in total. The first kappa shape index (κ1) is 13.1. The van der Waals surface area contributed by atoms with Crippen molar-refractivity contribution in [3.63, 3.8) is 0 Å². The Hall–Kier alpha value is -0.930. The van der Waals surface area contributed by atoms with Crippen LogP contribution in [0.25, 0.3) is 0 Å². The molecule has 0 aliphatic heterocycles. The first-order valence-electron chi connectivity index (χ1n) is 5.71. The molecule has 1 atom stereocenters. The molecule has 1 rings (SSSR count). The summed E-state index contributed by atoms with van der Waals surface area (Å²) >= 11 is 0. The van der Waals surface area contributed by atoms with Crippen LogP contribution in [0.3, 0.4) is 0 Å². The van der Waals surface area contributed by atoms with Crippen molar-refractivity contribution in [1.82, 2.24) is 10.0 Å². The fourth-order valence-electron chi connectivity index (χ4n) is 1.70. The summed E-state index contributed by atoms with van der Waals surface area (Å²) in [6, 6.07) is 5.53. The molecule has 1 radical (unpaired) electrons. The largest absolute Gasteiger partial charge is 0.260 e. The predicted molar refractivity (Wildman–Crippen MR) is 64.1 cm³/mol. The molecule has 1 heterocycles. The molecule has 0 saturated heterocycles. The Labute approximate surface area is 98.1 Å². The average molecular weight is 221 g/mol. The van der Waals surface area contributed by atoms with Gasteiger partial charge in [-0.1, -0.05) is 19.9 Å². The van der Waals surface area contributed by atoms with Gasteiger partial charge in [-0.3, -0.25) is 4.98 Å². The van der Waals surface area contributed by atoms with E-state index >= 15 is 0 Å². The van der Waals surface area contributed by atoms with Gasteiger partial charge >= 0.3 is 0 Å². The van der Waals surface area contributed by atoms with Crippen molar-refractivity contribution in [2.75, 3.05) is 0 Å². The van der Waals surface area contributed by atoms with Gasteiger partial charge in [0.2, 0.25) is 0 Å². The lowest BCUT2D eigenvalue weighted by molar-refractivity contribution is -0.250. The van der Waals surface area contributed by atoms with Crippen LogP contribution in [0, 0.1) is 5.92 Å². The van der Waals surface area contributed by atoms with Gasteiger partial charge in [0.15, 0.2) is 0 Å². The molecule has 0 aromatic carbocycles. The summed E-state index contributed by atoms with van der Waals surface area (Å²) < 4.78 is 0. The maximum atomic E-state index is 12.3. The summed E-state index contributed by atoms with van der Waals surface area (Å²) in [7, 11) is 0. The van der Waals surface area contributed by atoms with Gasteiger partial charge in [0.1, 0.15) is 0 Å². The number of pyridine rings is 1. The number of aromatic nitrogens is 1. The molecule has 0 aliphatic carbocycles. The van der Waals surface area contributed by atoms with Crippen molar-refractivity contribution >= 4 is 0 Å². The SMILES string of the molecule is CC(C)C(c1ccccn1)N([O])C(C)(C)C. The Morgan fingerprint density at radius 1 is 1.25 bits per heavy atom. The quantitative estimate of drug-likeness (QED) is 0.735. The number of hydrogen-bond donors (Lipinski definition) is 0. The molecular weight excluding hydrogens is 200 g/mol. The summed E-state index contributed by atoms with van der Waals surface area (Å²) in [4.78, 5) is 4.29. The highest BCUT2D eigenvalue weighted by Gasteiger charge is 2.33. The maximum Gasteiger partial charge on any atom is 0.0833 e. The van der Waals surface area contributed by atoms with E-state index in [1.165, 1.54) is 0 Å². The molecule has 16 heavy (non-hydrogen) atoms. The molecule has 1 aromatic rings. The normalized spacial score (nSPS) is 14.5. The maximum absolute atomic E-state index is 12.3. The van der Waals surface area contributed by atoms with Crippen molar-refractivity contribution in [3.8, 4) is 0 Å². The topological polar surface area (TPSA) is 36.0 Å². The van der Waals surface area contributed by atoms with E-state index < -0.39 is 5.54 Å². The van der Waals surface area contributed by atoms with E-state index in [4.69, 9.17) is 0 Å². The second-order valence-corrected chi connectivity index (χ2v) is 5.44. The van der Waals surface area contributed by atoms with Crippen molar-refractivity contribution in [1.29, 1.82) is 0 Å². The van der Waals surface area contributed by atoms with Crippen molar-refractivity contribution < 1.29 is 5.21 Å². The number of rotatable bonds is 3. The third-order valence-electron chi connectivity index (χ3n) is 2.54. The molecule has 0 bridgehead atoms. The molecular formula is C13H21N2O. The van der Waals surface area contributed by atoms with Crippen molar-refractivity contribution in [3.05, 3.63) is 30.1 Å². The monoisotopic (exact) mass is 221 g/mol. The fraction of sp³-hybridized carbons (Fsp3) is 0.615. The molecule has 0 N–H and O–H groups in total. The van der Waals surface area contributed by atoms with E-state index in [0.29, 0.717) is 0 Å². The van der Waals surface area contributed by atoms with E-state index in [1.807, 2.05) is 39.0 Å². The van der Waals surface area contributed by atoms with E-state index in [-0.39, 0.29) is 12.0 Å². The second-order valence-electron chi connectivity index (χ2n) is 5.44. The summed E-state index contributed by atoms with van der Waals surface area (Å²) in [5.41, 5.74) is 0.453. The number of nitrogens with zero attached hydrogens (tertiary/aromatic N) is 2. The van der Waals surface area contributed by atoms with Crippen LogP contribution < -0.4 is 0 Å².